The molecule has 7 heteroatoms. The third-order valence-electron chi connectivity index (χ3n) is 2.91. The van der Waals surface area contributed by atoms with Gasteiger partial charge in [-0.15, -0.1) is 11.3 Å². The van der Waals surface area contributed by atoms with Gasteiger partial charge in [0.2, 0.25) is 0 Å². The summed E-state index contributed by atoms with van der Waals surface area (Å²) in [7, 11) is 1.35. The fourth-order valence-electron chi connectivity index (χ4n) is 1.89. The number of hydrogen-bond acceptors (Lipinski definition) is 5. The Morgan fingerprint density at radius 1 is 1.27 bits per heavy atom. The molecule has 0 saturated carbocycles. The molecule has 3 rings (SSSR count). The van der Waals surface area contributed by atoms with Crippen molar-refractivity contribution in [1.29, 1.82) is 0 Å². The van der Waals surface area contributed by atoms with Gasteiger partial charge < -0.3 is 9.47 Å². The van der Waals surface area contributed by atoms with Crippen LogP contribution in [0.15, 0.2) is 41.1 Å². The Balaban J connectivity index is 2.03. The molecule has 3 aromatic rings. The van der Waals surface area contributed by atoms with Crippen LogP contribution in [-0.4, -0.2) is 18.1 Å². The van der Waals surface area contributed by atoms with Gasteiger partial charge in [-0.3, -0.25) is 4.98 Å². The van der Waals surface area contributed by atoms with Crippen molar-refractivity contribution in [2.24, 2.45) is 0 Å². The SMILES string of the molecule is COC(=O)c1cc2c(Oc3ccc(Cl)cc3Br)cncc2s1. The first kappa shape index (κ1) is 15.3. The summed E-state index contributed by atoms with van der Waals surface area (Å²) in [6.07, 6.45) is 3.30. The van der Waals surface area contributed by atoms with Crippen LogP contribution in [0, 0.1) is 0 Å². The van der Waals surface area contributed by atoms with Crippen molar-refractivity contribution in [1.82, 2.24) is 4.98 Å². The lowest BCUT2D eigenvalue weighted by Crippen LogP contribution is -1.96. The molecule has 0 atom stereocenters. The average molecular weight is 399 g/mol. The maximum absolute atomic E-state index is 11.6. The quantitative estimate of drug-likeness (QED) is 0.562. The van der Waals surface area contributed by atoms with Crippen LogP contribution in [0.4, 0.5) is 0 Å². The molecule has 0 N–H and O–H groups in total. The Morgan fingerprint density at radius 3 is 2.82 bits per heavy atom. The molecule has 0 aliphatic carbocycles. The molecule has 0 fully saturated rings. The molecule has 2 heterocycles. The first-order valence-corrected chi connectivity index (χ1v) is 8.16. The number of carbonyl (C=O) groups excluding carboxylic acids is 1. The number of nitrogens with zero attached hydrogens (tertiary/aromatic N) is 1. The third-order valence-corrected chi connectivity index (χ3v) is 4.81. The van der Waals surface area contributed by atoms with Crippen molar-refractivity contribution in [3.8, 4) is 11.5 Å². The zero-order valence-electron chi connectivity index (χ0n) is 11.3. The highest BCUT2D eigenvalue weighted by Crippen LogP contribution is 2.37. The minimum atomic E-state index is -0.375. The molecule has 0 aliphatic heterocycles. The summed E-state index contributed by atoms with van der Waals surface area (Å²) in [4.78, 5) is 16.3. The molecular formula is C15H9BrClNO3S. The van der Waals surface area contributed by atoms with E-state index in [1.807, 2.05) is 0 Å². The van der Waals surface area contributed by atoms with Crippen molar-refractivity contribution in [3.63, 3.8) is 0 Å². The van der Waals surface area contributed by atoms with Crippen molar-refractivity contribution in [2.45, 2.75) is 0 Å². The molecule has 0 amide bonds. The van der Waals surface area contributed by atoms with E-state index in [9.17, 15) is 4.79 Å². The number of hydrogen-bond donors (Lipinski definition) is 0. The van der Waals surface area contributed by atoms with Crippen molar-refractivity contribution >= 4 is 54.9 Å². The molecule has 0 saturated heterocycles. The normalized spacial score (nSPS) is 10.7. The minimum absolute atomic E-state index is 0.375. The Kier molecular flexibility index (Phi) is 4.33. The number of pyridine rings is 1. The van der Waals surface area contributed by atoms with E-state index < -0.39 is 0 Å². The predicted octanol–water partition coefficient (Wildman–Crippen LogP) is 5.29. The lowest BCUT2D eigenvalue weighted by molar-refractivity contribution is 0.0606. The maximum atomic E-state index is 11.6. The van der Waals surface area contributed by atoms with Crippen molar-refractivity contribution in [2.75, 3.05) is 7.11 Å². The molecular weight excluding hydrogens is 390 g/mol. The Labute approximate surface area is 143 Å². The van der Waals surface area contributed by atoms with E-state index in [-0.39, 0.29) is 5.97 Å². The molecule has 0 unspecified atom stereocenters. The largest absolute Gasteiger partial charge is 0.465 e. The van der Waals surface area contributed by atoms with E-state index in [2.05, 4.69) is 20.9 Å². The van der Waals surface area contributed by atoms with Gasteiger partial charge in [0, 0.05) is 16.6 Å². The Hall–Kier alpha value is -1.63. The van der Waals surface area contributed by atoms with E-state index in [0.717, 1.165) is 14.6 Å². The zero-order valence-corrected chi connectivity index (χ0v) is 14.5. The number of halogens is 2. The fraction of sp³-hybridized carbons (Fsp3) is 0.0667. The Morgan fingerprint density at radius 2 is 2.09 bits per heavy atom. The number of esters is 1. The van der Waals surface area contributed by atoms with Crippen LogP contribution in [0.2, 0.25) is 5.02 Å². The average Bonchev–Trinajstić information content (AvgIpc) is 2.94. The number of methoxy groups -OCH3 is 1. The zero-order chi connectivity index (χ0) is 15.7. The van der Waals surface area contributed by atoms with Gasteiger partial charge in [0.05, 0.1) is 22.5 Å². The first-order chi connectivity index (χ1) is 10.6. The summed E-state index contributed by atoms with van der Waals surface area (Å²) < 4.78 is 12.2. The molecule has 1 aromatic carbocycles. The van der Waals surface area contributed by atoms with E-state index in [0.29, 0.717) is 21.4 Å². The lowest BCUT2D eigenvalue weighted by Gasteiger charge is -2.08. The number of thiophene rings is 1. The smallest absolute Gasteiger partial charge is 0.348 e. The van der Waals surface area contributed by atoms with Crippen LogP contribution in [0.1, 0.15) is 9.67 Å². The number of aromatic nitrogens is 1. The lowest BCUT2D eigenvalue weighted by atomic mass is 10.3. The van der Waals surface area contributed by atoms with E-state index >= 15 is 0 Å². The van der Waals surface area contributed by atoms with Crippen LogP contribution in [0.25, 0.3) is 10.1 Å². The number of ether oxygens (including phenoxy) is 2. The fourth-order valence-corrected chi connectivity index (χ4v) is 3.62. The van der Waals surface area contributed by atoms with Crippen LogP contribution >= 0.6 is 38.9 Å². The van der Waals surface area contributed by atoms with Gasteiger partial charge in [0.25, 0.3) is 0 Å². The van der Waals surface area contributed by atoms with Crippen molar-refractivity contribution in [3.05, 3.63) is 51.0 Å². The van der Waals surface area contributed by atoms with Gasteiger partial charge >= 0.3 is 5.97 Å². The maximum Gasteiger partial charge on any atom is 0.348 e. The topological polar surface area (TPSA) is 48.4 Å². The van der Waals surface area contributed by atoms with Crippen LogP contribution in [0.3, 0.4) is 0 Å². The highest BCUT2D eigenvalue weighted by Gasteiger charge is 2.14. The molecule has 0 bridgehead atoms. The van der Waals surface area contributed by atoms with Crippen LogP contribution < -0.4 is 4.74 Å². The molecule has 0 spiro atoms. The second-order valence-electron chi connectivity index (χ2n) is 4.33. The molecule has 112 valence electrons. The second kappa shape index (κ2) is 6.24. The number of benzene rings is 1. The van der Waals surface area contributed by atoms with Gasteiger partial charge in [0.1, 0.15) is 10.6 Å². The van der Waals surface area contributed by atoms with Crippen LogP contribution in [0.5, 0.6) is 11.5 Å². The highest BCUT2D eigenvalue weighted by molar-refractivity contribution is 9.10. The third kappa shape index (κ3) is 2.95. The van der Waals surface area contributed by atoms with Gasteiger partial charge in [0.15, 0.2) is 5.75 Å². The molecule has 0 radical (unpaired) electrons. The van der Waals surface area contributed by atoms with Gasteiger partial charge in [-0.2, -0.15) is 0 Å². The molecule has 0 aliphatic rings. The number of carbonyl (C=O) groups is 1. The standard InChI is InChI=1S/C15H9BrClNO3S/c1-20-15(19)13-5-9-12(6-18-7-14(9)22-13)21-11-3-2-8(17)4-10(11)16/h2-7H,1H3. The van der Waals surface area contributed by atoms with E-state index in [1.54, 1.807) is 36.7 Å². The van der Waals surface area contributed by atoms with Gasteiger partial charge in [-0.25, -0.2) is 4.79 Å². The van der Waals surface area contributed by atoms with Crippen molar-refractivity contribution < 1.29 is 14.3 Å². The minimum Gasteiger partial charge on any atom is -0.465 e. The monoisotopic (exact) mass is 397 g/mol. The molecule has 22 heavy (non-hydrogen) atoms. The number of fused-ring (bicyclic) bond motifs is 1. The Bertz CT molecular complexity index is 865. The predicted molar refractivity (Wildman–Crippen MR) is 90.2 cm³/mol. The summed E-state index contributed by atoms with van der Waals surface area (Å²) >= 11 is 10.6. The highest BCUT2D eigenvalue weighted by atomic mass is 79.9. The summed E-state index contributed by atoms with van der Waals surface area (Å²) in [5, 5.41) is 1.42. The first-order valence-electron chi connectivity index (χ1n) is 6.17. The van der Waals surface area contributed by atoms with Gasteiger partial charge in [-0.1, -0.05) is 11.6 Å². The van der Waals surface area contributed by atoms with E-state index in [1.165, 1.54) is 18.4 Å². The van der Waals surface area contributed by atoms with E-state index in [4.69, 9.17) is 21.1 Å². The second-order valence-corrected chi connectivity index (χ2v) is 6.70. The summed E-state index contributed by atoms with van der Waals surface area (Å²) in [6, 6.07) is 6.99. The molecule has 4 nitrogen and oxygen atoms in total. The summed E-state index contributed by atoms with van der Waals surface area (Å²) in [5.41, 5.74) is 0. The van der Waals surface area contributed by atoms with Gasteiger partial charge in [-0.05, 0) is 40.2 Å². The van der Waals surface area contributed by atoms with Crippen LogP contribution in [-0.2, 0) is 4.74 Å². The summed E-state index contributed by atoms with van der Waals surface area (Å²) in [5.74, 6) is 0.802. The summed E-state index contributed by atoms with van der Waals surface area (Å²) in [6.45, 7) is 0. The number of rotatable bonds is 3. The molecule has 2 aromatic heterocycles.